The van der Waals surface area contributed by atoms with E-state index in [2.05, 4.69) is 11.9 Å². The summed E-state index contributed by atoms with van der Waals surface area (Å²) in [5.74, 6) is 0.0358. The largest absolute Gasteiger partial charge is 0.398 e. The number of Topliss-reactive ketones (excluding diaryl/α,β-unsaturated/α-hetero) is 1. The molecule has 1 saturated carbocycles. The molecule has 0 aliphatic heterocycles. The highest BCUT2D eigenvalue weighted by Crippen LogP contribution is 2.27. The quantitative estimate of drug-likeness (QED) is 0.513. The van der Waals surface area contributed by atoms with Crippen LogP contribution >= 0.6 is 0 Å². The molecule has 1 aliphatic rings. The van der Waals surface area contributed by atoms with Gasteiger partial charge >= 0.3 is 0 Å². The van der Waals surface area contributed by atoms with Gasteiger partial charge in [-0.2, -0.15) is 0 Å². The molecular formula is C16H24N2O. The number of carbonyl (C=O) groups is 1. The average molecular weight is 260 g/mol. The van der Waals surface area contributed by atoms with Crippen molar-refractivity contribution < 1.29 is 4.79 Å². The first kappa shape index (κ1) is 13.9. The third kappa shape index (κ3) is 3.28. The minimum Gasteiger partial charge on any atom is -0.398 e. The Kier molecular flexibility index (Phi) is 4.46. The molecule has 0 amide bonds. The van der Waals surface area contributed by atoms with Gasteiger partial charge in [0.15, 0.2) is 5.78 Å². The fourth-order valence-corrected chi connectivity index (χ4v) is 2.92. The van der Waals surface area contributed by atoms with E-state index in [1.165, 1.54) is 38.5 Å². The number of anilines is 2. The number of benzene rings is 1. The van der Waals surface area contributed by atoms with Crippen LogP contribution in [0.3, 0.4) is 0 Å². The topological polar surface area (TPSA) is 46.3 Å². The summed E-state index contributed by atoms with van der Waals surface area (Å²) in [5.41, 5.74) is 8.17. The van der Waals surface area contributed by atoms with Crippen LogP contribution in [0.15, 0.2) is 18.2 Å². The highest BCUT2D eigenvalue weighted by atomic mass is 16.1. The second kappa shape index (κ2) is 6.09. The number of ketones is 1. The maximum Gasteiger partial charge on any atom is 0.161 e. The smallest absolute Gasteiger partial charge is 0.161 e. The first-order valence-electron chi connectivity index (χ1n) is 7.23. The molecule has 1 fully saturated rings. The maximum absolute atomic E-state index is 11.6. The number of nitrogens with zero attached hydrogens (tertiary/aromatic N) is 1. The molecule has 1 aromatic rings. The number of nitrogen functional groups attached to an aromatic ring is 1. The van der Waals surface area contributed by atoms with Gasteiger partial charge < -0.3 is 10.6 Å². The minimum absolute atomic E-state index is 0.0358. The van der Waals surface area contributed by atoms with Crippen LogP contribution < -0.4 is 10.6 Å². The second-order valence-corrected chi connectivity index (χ2v) is 5.58. The molecule has 0 radical (unpaired) electrons. The Labute approximate surface area is 115 Å². The number of nitrogens with two attached hydrogens (primary N) is 1. The van der Waals surface area contributed by atoms with E-state index in [1.54, 1.807) is 6.92 Å². The van der Waals surface area contributed by atoms with Crippen molar-refractivity contribution in [2.75, 3.05) is 17.7 Å². The van der Waals surface area contributed by atoms with Crippen molar-refractivity contribution in [3.05, 3.63) is 23.8 Å². The zero-order valence-electron chi connectivity index (χ0n) is 12.0. The number of hydrogen-bond donors (Lipinski definition) is 1. The normalized spacial score (nSPS) is 16.9. The molecule has 2 N–H and O–H groups in total. The summed E-state index contributed by atoms with van der Waals surface area (Å²) in [4.78, 5) is 13.9. The van der Waals surface area contributed by atoms with Crippen molar-refractivity contribution in [1.29, 1.82) is 0 Å². The lowest BCUT2D eigenvalue weighted by Gasteiger charge is -2.29. The first-order valence-corrected chi connectivity index (χ1v) is 7.23. The summed E-state index contributed by atoms with van der Waals surface area (Å²) in [5, 5.41) is 0. The lowest BCUT2D eigenvalue weighted by atomic mass is 10.0. The van der Waals surface area contributed by atoms with Gasteiger partial charge in [-0.1, -0.05) is 25.7 Å². The monoisotopic (exact) mass is 260 g/mol. The Balaban J connectivity index is 2.20. The third-order valence-corrected chi connectivity index (χ3v) is 4.20. The van der Waals surface area contributed by atoms with Gasteiger partial charge in [0.1, 0.15) is 0 Å². The molecule has 1 aromatic carbocycles. The van der Waals surface area contributed by atoms with Gasteiger partial charge in [-0.3, -0.25) is 4.79 Å². The highest BCUT2D eigenvalue weighted by Gasteiger charge is 2.18. The van der Waals surface area contributed by atoms with Gasteiger partial charge in [-0.25, -0.2) is 0 Å². The molecular weight excluding hydrogens is 236 g/mol. The predicted octanol–water partition coefficient (Wildman–Crippen LogP) is 3.63. The molecule has 0 heterocycles. The van der Waals surface area contributed by atoms with E-state index >= 15 is 0 Å². The van der Waals surface area contributed by atoms with Crippen LogP contribution in [0, 0.1) is 0 Å². The Morgan fingerprint density at radius 2 is 1.84 bits per heavy atom. The lowest BCUT2D eigenvalue weighted by molar-refractivity contribution is 0.101. The van der Waals surface area contributed by atoms with Crippen LogP contribution in [0.25, 0.3) is 0 Å². The van der Waals surface area contributed by atoms with Gasteiger partial charge in [0.2, 0.25) is 0 Å². The molecule has 0 saturated heterocycles. The average Bonchev–Trinajstić information content (AvgIpc) is 2.67. The standard InChI is InChI=1S/C16H24N2O/c1-12(19)15-11-14(9-10-16(15)17)18(2)13-7-5-3-4-6-8-13/h9-11,13H,3-8,17H2,1-2H3. The first-order chi connectivity index (χ1) is 9.09. The Bertz CT molecular complexity index is 448. The summed E-state index contributed by atoms with van der Waals surface area (Å²) < 4.78 is 0. The molecule has 19 heavy (non-hydrogen) atoms. The fraction of sp³-hybridized carbons (Fsp3) is 0.562. The van der Waals surface area contributed by atoms with E-state index in [-0.39, 0.29) is 5.78 Å². The van der Waals surface area contributed by atoms with Crippen molar-refractivity contribution >= 4 is 17.2 Å². The summed E-state index contributed by atoms with van der Waals surface area (Å²) in [6.45, 7) is 1.57. The molecule has 0 aromatic heterocycles. The predicted molar refractivity (Wildman–Crippen MR) is 80.8 cm³/mol. The van der Waals surface area contributed by atoms with Gasteiger partial charge in [0.05, 0.1) is 0 Å². The molecule has 0 bridgehead atoms. The fourth-order valence-electron chi connectivity index (χ4n) is 2.92. The van der Waals surface area contributed by atoms with Crippen LogP contribution in [0.1, 0.15) is 55.8 Å². The lowest BCUT2D eigenvalue weighted by Crippen LogP contribution is -2.31. The number of hydrogen-bond acceptors (Lipinski definition) is 3. The van der Waals surface area contributed by atoms with Crippen molar-refractivity contribution in [2.45, 2.75) is 51.5 Å². The van der Waals surface area contributed by atoms with E-state index < -0.39 is 0 Å². The van der Waals surface area contributed by atoms with Crippen LogP contribution in [0.2, 0.25) is 0 Å². The van der Waals surface area contributed by atoms with E-state index in [9.17, 15) is 4.79 Å². The SMILES string of the molecule is CC(=O)c1cc(N(C)C2CCCCCC2)ccc1N. The van der Waals surface area contributed by atoms with E-state index in [0.717, 1.165) is 5.69 Å². The molecule has 104 valence electrons. The molecule has 3 nitrogen and oxygen atoms in total. The highest BCUT2D eigenvalue weighted by molar-refractivity contribution is 6.00. The van der Waals surface area contributed by atoms with Crippen molar-refractivity contribution in [3.8, 4) is 0 Å². The minimum atomic E-state index is 0.0358. The van der Waals surface area contributed by atoms with Crippen molar-refractivity contribution in [2.24, 2.45) is 0 Å². The maximum atomic E-state index is 11.6. The van der Waals surface area contributed by atoms with Crippen molar-refractivity contribution in [3.63, 3.8) is 0 Å². The third-order valence-electron chi connectivity index (χ3n) is 4.20. The molecule has 2 rings (SSSR count). The summed E-state index contributed by atoms with van der Waals surface area (Å²) in [6, 6.07) is 6.39. The van der Waals surface area contributed by atoms with Gasteiger partial charge in [-0.15, -0.1) is 0 Å². The van der Waals surface area contributed by atoms with E-state index in [4.69, 9.17) is 5.73 Å². The van der Waals surface area contributed by atoms with Crippen LogP contribution in [0.5, 0.6) is 0 Å². The molecule has 0 atom stereocenters. The molecule has 3 heteroatoms. The van der Waals surface area contributed by atoms with Gasteiger partial charge in [0.25, 0.3) is 0 Å². The molecule has 0 spiro atoms. The number of rotatable bonds is 3. The molecule has 0 unspecified atom stereocenters. The summed E-state index contributed by atoms with van der Waals surface area (Å²) in [7, 11) is 2.13. The van der Waals surface area contributed by atoms with Gasteiger partial charge in [0, 0.05) is 30.0 Å². The summed E-state index contributed by atoms with van der Waals surface area (Å²) in [6.07, 6.45) is 7.81. The van der Waals surface area contributed by atoms with E-state index in [1.807, 2.05) is 18.2 Å². The van der Waals surface area contributed by atoms with Crippen LogP contribution in [0.4, 0.5) is 11.4 Å². The van der Waals surface area contributed by atoms with Gasteiger partial charge in [-0.05, 0) is 38.0 Å². The second-order valence-electron chi connectivity index (χ2n) is 5.58. The Hall–Kier alpha value is -1.51. The Morgan fingerprint density at radius 3 is 2.42 bits per heavy atom. The zero-order chi connectivity index (χ0) is 13.8. The Morgan fingerprint density at radius 1 is 1.21 bits per heavy atom. The zero-order valence-corrected chi connectivity index (χ0v) is 12.0. The van der Waals surface area contributed by atoms with Crippen LogP contribution in [-0.4, -0.2) is 18.9 Å². The van der Waals surface area contributed by atoms with Crippen LogP contribution in [-0.2, 0) is 0 Å². The van der Waals surface area contributed by atoms with E-state index in [0.29, 0.717) is 17.3 Å². The van der Waals surface area contributed by atoms with Crippen molar-refractivity contribution in [1.82, 2.24) is 0 Å². The number of carbonyl (C=O) groups excluding carboxylic acids is 1. The molecule has 1 aliphatic carbocycles. The summed E-state index contributed by atoms with van der Waals surface area (Å²) >= 11 is 0.